The summed E-state index contributed by atoms with van der Waals surface area (Å²) in [5, 5.41) is 21.2. The van der Waals surface area contributed by atoms with Crippen LogP contribution in [0.2, 0.25) is 0 Å². The van der Waals surface area contributed by atoms with Gasteiger partial charge < -0.3 is 9.94 Å². The van der Waals surface area contributed by atoms with Gasteiger partial charge in [-0.15, -0.1) is 21.6 Å². The van der Waals surface area contributed by atoms with E-state index in [1.54, 1.807) is 34.7 Å². The van der Waals surface area contributed by atoms with Crippen LogP contribution >= 0.6 is 11.3 Å². The number of hydrazine groups is 1. The topological polar surface area (TPSA) is 99.4 Å². The van der Waals surface area contributed by atoms with Gasteiger partial charge in [-0.3, -0.25) is 4.79 Å². The van der Waals surface area contributed by atoms with Gasteiger partial charge in [-0.1, -0.05) is 42.0 Å². The third kappa shape index (κ3) is 3.54. The molecule has 3 aromatic rings. The smallest absolute Gasteiger partial charge is 0.327 e. The Morgan fingerprint density at radius 3 is 2.56 bits per heavy atom. The van der Waals surface area contributed by atoms with E-state index in [2.05, 4.69) is 20.8 Å². The third-order valence-electron chi connectivity index (χ3n) is 3.66. The van der Waals surface area contributed by atoms with Crippen molar-refractivity contribution in [3.8, 4) is 0 Å². The lowest BCUT2D eigenvalue weighted by Gasteiger charge is -2.17. The van der Waals surface area contributed by atoms with Gasteiger partial charge >= 0.3 is 5.95 Å². The van der Waals surface area contributed by atoms with Gasteiger partial charge in [0, 0.05) is 10.9 Å². The molecule has 1 aliphatic heterocycles. The standard InChI is InChI=1S/C18H13N5O3S/c24-16(12-7-3-1-4-8-12)20-21-18-19-14(11-27-18)15-17(25)26-22-23(15)13-9-5-2-6-10-13/h1-11,22,25H. The summed E-state index contributed by atoms with van der Waals surface area (Å²) in [6.07, 6.45) is 0. The van der Waals surface area contributed by atoms with E-state index in [0.29, 0.717) is 17.0 Å². The van der Waals surface area contributed by atoms with E-state index in [4.69, 9.17) is 4.84 Å². The van der Waals surface area contributed by atoms with Crippen molar-refractivity contribution in [2.45, 2.75) is 0 Å². The molecule has 0 saturated carbocycles. The molecule has 4 rings (SSSR count). The number of hydrogen-bond acceptors (Lipinski definition) is 8. The molecule has 0 radical (unpaired) electrons. The third-order valence-corrected chi connectivity index (χ3v) is 4.38. The van der Waals surface area contributed by atoms with E-state index in [9.17, 15) is 9.90 Å². The maximum absolute atomic E-state index is 12.0. The van der Waals surface area contributed by atoms with Gasteiger partial charge in [0.15, 0.2) is 5.70 Å². The molecule has 0 fully saturated rings. The molecule has 0 spiro atoms. The Labute approximate surface area is 158 Å². The van der Waals surface area contributed by atoms with Crippen LogP contribution in [0.15, 0.2) is 82.2 Å². The average Bonchev–Trinajstić information content (AvgIpc) is 3.33. The minimum absolute atomic E-state index is 0.287. The van der Waals surface area contributed by atoms with Crippen LogP contribution in [0.3, 0.4) is 0 Å². The summed E-state index contributed by atoms with van der Waals surface area (Å²) >= 11 is 1.19. The van der Waals surface area contributed by atoms with E-state index in [1.165, 1.54) is 11.3 Å². The Hall–Kier alpha value is -3.56. The van der Waals surface area contributed by atoms with Gasteiger partial charge in [0.1, 0.15) is 5.69 Å². The second kappa shape index (κ2) is 7.36. The molecule has 0 aliphatic carbocycles. The van der Waals surface area contributed by atoms with Crippen molar-refractivity contribution in [1.82, 2.24) is 10.6 Å². The Balaban J connectivity index is 1.56. The first-order chi connectivity index (χ1) is 13.2. The molecule has 2 aromatic carbocycles. The summed E-state index contributed by atoms with van der Waals surface area (Å²) < 4.78 is 0. The summed E-state index contributed by atoms with van der Waals surface area (Å²) in [7, 11) is 0. The minimum atomic E-state index is -0.453. The highest BCUT2D eigenvalue weighted by molar-refractivity contribution is 7.13. The van der Waals surface area contributed by atoms with Gasteiger partial charge in [-0.25, -0.2) is 9.99 Å². The summed E-state index contributed by atoms with van der Waals surface area (Å²) in [5.74, 6) is -0.765. The molecule has 0 unspecified atom stereocenters. The number of benzene rings is 2. The normalized spacial score (nSPS) is 14.0. The number of thiazole rings is 1. The lowest BCUT2D eigenvalue weighted by molar-refractivity contribution is 0.0461. The number of nitrogens with zero attached hydrogens (tertiary/aromatic N) is 4. The van der Waals surface area contributed by atoms with Crippen molar-refractivity contribution >= 4 is 33.8 Å². The number of aliphatic hydroxyl groups excluding tert-OH is 1. The number of anilines is 1. The molecule has 8 nitrogen and oxygen atoms in total. The zero-order valence-electron chi connectivity index (χ0n) is 13.8. The maximum atomic E-state index is 12.0. The number of aliphatic hydroxyl groups is 1. The van der Waals surface area contributed by atoms with Crippen LogP contribution in [0.5, 0.6) is 0 Å². The van der Waals surface area contributed by atoms with Gasteiger partial charge in [-0.2, -0.15) is 0 Å². The molecule has 1 amide bonds. The molecule has 0 bridgehead atoms. The van der Waals surface area contributed by atoms with E-state index < -0.39 is 5.91 Å². The SMILES string of the molecule is O=C(N=Nc1nc(C2=C(O)ONN2c2ccccc2)cs1)c1ccccc1. The van der Waals surface area contributed by atoms with Crippen molar-refractivity contribution in [1.29, 1.82) is 0 Å². The minimum Gasteiger partial charge on any atom is -0.478 e. The predicted octanol–water partition coefficient (Wildman–Crippen LogP) is 4.21. The largest absolute Gasteiger partial charge is 0.478 e. The van der Waals surface area contributed by atoms with E-state index in [1.807, 2.05) is 36.4 Å². The number of azo groups is 1. The second-order valence-corrected chi connectivity index (χ2v) is 6.24. The van der Waals surface area contributed by atoms with Crippen LogP contribution in [-0.4, -0.2) is 16.0 Å². The van der Waals surface area contributed by atoms with E-state index in [-0.39, 0.29) is 11.1 Å². The highest BCUT2D eigenvalue weighted by Crippen LogP contribution is 2.33. The molecular weight excluding hydrogens is 366 g/mol. The van der Waals surface area contributed by atoms with Gasteiger partial charge in [0.2, 0.25) is 5.13 Å². The number of nitrogens with one attached hydrogen (secondary N) is 1. The van der Waals surface area contributed by atoms with E-state index in [0.717, 1.165) is 5.69 Å². The van der Waals surface area contributed by atoms with Crippen molar-refractivity contribution in [2.24, 2.45) is 10.2 Å². The lowest BCUT2D eigenvalue weighted by Crippen LogP contribution is -2.30. The number of rotatable bonds is 4. The quantitative estimate of drug-likeness (QED) is 0.659. The highest BCUT2D eigenvalue weighted by atomic mass is 32.1. The Bertz CT molecular complexity index is 1020. The summed E-state index contributed by atoms with van der Waals surface area (Å²) in [5.41, 5.74) is 4.60. The average molecular weight is 379 g/mol. The van der Waals surface area contributed by atoms with Crippen molar-refractivity contribution in [3.63, 3.8) is 0 Å². The molecule has 0 saturated heterocycles. The molecule has 2 heterocycles. The van der Waals surface area contributed by atoms with Crippen LogP contribution in [0, 0.1) is 0 Å². The highest BCUT2D eigenvalue weighted by Gasteiger charge is 2.29. The Morgan fingerprint density at radius 2 is 1.81 bits per heavy atom. The molecule has 1 aliphatic rings. The number of carbonyl (C=O) groups is 1. The number of amides is 1. The second-order valence-electron chi connectivity index (χ2n) is 5.40. The summed E-state index contributed by atoms with van der Waals surface area (Å²) in [4.78, 5) is 21.3. The first kappa shape index (κ1) is 16.9. The molecule has 134 valence electrons. The van der Waals surface area contributed by atoms with Crippen LogP contribution in [-0.2, 0) is 4.84 Å². The molecule has 27 heavy (non-hydrogen) atoms. The zero-order valence-corrected chi connectivity index (χ0v) is 14.6. The van der Waals surface area contributed by atoms with Crippen LogP contribution in [0.1, 0.15) is 16.1 Å². The fourth-order valence-corrected chi connectivity index (χ4v) is 3.03. The van der Waals surface area contributed by atoms with Crippen molar-refractivity contribution in [3.05, 3.63) is 83.2 Å². The summed E-state index contributed by atoms with van der Waals surface area (Å²) in [6, 6.07) is 18.0. The zero-order chi connectivity index (χ0) is 18.6. The Morgan fingerprint density at radius 1 is 1.11 bits per heavy atom. The van der Waals surface area contributed by atoms with Gasteiger partial charge in [0.25, 0.3) is 5.91 Å². The molecule has 9 heteroatoms. The van der Waals surface area contributed by atoms with Crippen molar-refractivity contribution in [2.75, 3.05) is 5.01 Å². The van der Waals surface area contributed by atoms with Gasteiger partial charge in [-0.05, 0) is 24.3 Å². The van der Waals surface area contributed by atoms with Gasteiger partial charge in [0.05, 0.1) is 5.69 Å². The number of para-hydroxylation sites is 1. The number of carbonyl (C=O) groups excluding carboxylic acids is 1. The monoisotopic (exact) mass is 379 g/mol. The van der Waals surface area contributed by atoms with Crippen LogP contribution in [0.25, 0.3) is 5.70 Å². The van der Waals surface area contributed by atoms with Crippen LogP contribution < -0.4 is 10.6 Å². The molecule has 2 N–H and O–H groups in total. The molecular formula is C18H13N5O3S. The van der Waals surface area contributed by atoms with Crippen LogP contribution in [0.4, 0.5) is 10.8 Å². The predicted molar refractivity (Wildman–Crippen MR) is 100 cm³/mol. The fraction of sp³-hybridized carbons (Fsp3) is 0. The summed E-state index contributed by atoms with van der Waals surface area (Å²) in [6.45, 7) is 0. The first-order valence-corrected chi connectivity index (χ1v) is 8.78. The maximum Gasteiger partial charge on any atom is 0.327 e. The molecule has 1 aromatic heterocycles. The lowest BCUT2D eigenvalue weighted by atomic mass is 10.2. The Kier molecular flexibility index (Phi) is 4.60. The fourth-order valence-electron chi connectivity index (χ4n) is 2.41. The first-order valence-electron chi connectivity index (χ1n) is 7.90. The van der Waals surface area contributed by atoms with E-state index >= 15 is 0 Å². The number of hydrogen-bond donors (Lipinski definition) is 2. The van der Waals surface area contributed by atoms with Crippen molar-refractivity contribution < 1.29 is 14.7 Å². The number of aromatic nitrogens is 1. The molecule has 0 atom stereocenters.